The molecule has 2 bridgehead atoms. The predicted octanol–water partition coefficient (Wildman–Crippen LogP) is 5.34. The van der Waals surface area contributed by atoms with Crippen molar-refractivity contribution in [3.05, 3.63) is 42.5 Å². The fourth-order valence-electron chi connectivity index (χ4n) is 4.60. The van der Waals surface area contributed by atoms with Crippen molar-refractivity contribution in [2.24, 2.45) is 17.8 Å². The molecule has 1 N–H and O–H groups in total. The second-order valence-corrected chi connectivity index (χ2v) is 7.59. The van der Waals surface area contributed by atoms with Gasteiger partial charge in [0, 0.05) is 17.2 Å². The monoisotopic (exact) mass is 387 g/mol. The van der Waals surface area contributed by atoms with Crippen molar-refractivity contribution >= 4 is 11.6 Å². The molecule has 0 heterocycles. The Morgan fingerprint density at radius 2 is 1.89 bits per heavy atom. The van der Waals surface area contributed by atoms with Gasteiger partial charge < -0.3 is 14.8 Å². The molecule has 2 fully saturated rings. The third-order valence-electron chi connectivity index (χ3n) is 5.94. The molecule has 3 unspecified atom stereocenters. The van der Waals surface area contributed by atoms with Crippen LogP contribution >= 0.6 is 0 Å². The number of carbonyl (C=O) groups is 1. The summed E-state index contributed by atoms with van der Waals surface area (Å²) in [6, 6.07) is 11.8. The quantitative estimate of drug-likeness (QED) is 0.728. The van der Waals surface area contributed by atoms with Crippen LogP contribution in [0.15, 0.2) is 42.5 Å². The van der Waals surface area contributed by atoms with E-state index in [1.165, 1.54) is 12.5 Å². The van der Waals surface area contributed by atoms with Gasteiger partial charge in [-0.1, -0.05) is 18.6 Å². The molecule has 4 nitrogen and oxygen atoms in total. The van der Waals surface area contributed by atoms with Crippen molar-refractivity contribution in [3.8, 4) is 22.6 Å². The van der Waals surface area contributed by atoms with E-state index in [-0.39, 0.29) is 17.6 Å². The van der Waals surface area contributed by atoms with Crippen molar-refractivity contribution < 1.29 is 23.0 Å². The normalized spacial score (nSPS) is 23.1. The Morgan fingerprint density at radius 3 is 2.50 bits per heavy atom. The van der Waals surface area contributed by atoms with Gasteiger partial charge in [-0.2, -0.15) is 8.78 Å². The largest absolute Gasteiger partial charge is 0.497 e. The van der Waals surface area contributed by atoms with E-state index in [1.807, 2.05) is 0 Å². The van der Waals surface area contributed by atoms with E-state index in [0.29, 0.717) is 34.4 Å². The number of carbonyl (C=O) groups excluding carboxylic acids is 1. The molecule has 6 heteroatoms. The van der Waals surface area contributed by atoms with Crippen LogP contribution in [0.25, 0.3) is 11.1 Å². The second-order valence-electron chi connectivity index (χ2n) is 7.59. The summed E-state index contributed by atoms with van der Waals surface area (Å²) in [5.74, 6) is 1.97. The van der Waals surface area contributed by atoms with Crippen LogP contribution in [-0.2, 0) is 4.79 Å². The Balaban J connectivity index is 1.58. The Bertz CT molecular complexity index is 853. The molecule has 3 atom stereocenters. The third-order valence-corrected chi connectivity index (χ3v) is 5.94. The van der Waals surface area contributed by atoms with E-state index in [4.69, 9.17) is 4.74 Å². The highest BCUT2D eigenvalue weighted by atomic mass is 19.3. The van der Waals surface area contributed by atoms with Crippen LogP contribution in [0.5, 0.6) is 11.5 Å². The second kappa shape index (κ2) is 7.78. The van der Waals surface area contributed by atoms with Crippen LogP contribution in [0, 0.1) is 17.8 Å². The molecule has 0 spiro atoms. The fourth-order valence-corrected chi connectivity index (χ4v) is 4.60. The third kappa shape index (κ3) is 3.81. The molecular formula is C22H23F2NO3. The van der Waals surface area contributed by atoms with Crippen LogP contribution < -0.4 is 14.8 Å². The van der Waals surface area contributed by atoms with Crippen LogP contribution in [0.4, 0.5) is 14.5 Å². The molecule has 2 aromatic rings. The van der Waals surface area contributed by atoms with Gasteiger partial charge in [-0.05, 0) is 67.0 Å². The molecule has 28 heavy (non-hydrogen) atoms. The van der Waals surface area contributed by atoms with Gasteiger partial charge in [0.1, 0.15) is 11.5 Å². The Morgan fingerprint density at radius 1 is 1.11 bits per heavy atom. The number of alkyl halides is 2. The lowest BCUT2D eigenvalue weighted by Gasteiger charge is -2.21. The van der Waals surface area contributed by atoms with E-state index < -0.39 is 6.61 Å². The minimum atomic E-state index is -2.92. The summed E-state index contributed by atoms with van der Waals surface area (Å²) in [6.07, 6.45) is 4.46. The summed E-state index contributed by atoms with van der Waals surface area (Å²) in [4.78, 5) is 12.7. The molecule has 4 rings (SSSR count). The number of anilines is 1. The first-order chi connectivity index (χ1) is 13.5. The molecule has 0 saturated heterocycles. The van der Waals surface area contributed by atoms with Gasteiger partial charge in [0.05, 0.1) is 7.11 Å². The molecular weight excluding hydrogens is 364 g/mol. The Hall–Kier alpha value is -2.63. The molecule has 0 aromatic heterocycles. The van der Waals surface area contributed by atoms with Gasteiger partial charge in [0.2, 0.25) is 5.91 Å². The first-order valence-electron chi connectivity index (χ1n) is 9.57. The fraction of sp³-hybridized carbons (Fsp3) is 0.409. The summed E-state index contributed by atoms with van der Waals surface area (Å²) >= 11 is 0. The van der Waals surface area contributed by atoms with Crippen LogP contribution in [-0.4, -0.2) is 19.6 Å². The zero-order chi connectivity index (χ0) is 19.7. The maximum atomic E-state index is 12.8. The molecule has 148 valence electrons. The van der Waals surface area contributed by atoms with Crippen molar-refractivity contribution in [2.45, 2.75) is 32.3 Å². The summed E-state index contributed by atoms with van der Waals surface area (Å²) in [5.41, 5.74) is 1.78. The van der Waals surface area contributed by atoms with Gasteiger partial charge in [-0.15, -0.1) is 0 Å². The van der Waals surface area contributed by atoms with Crippen molar-refractivity contribution in [2.75, 3.05) is 12.4 Å². The van der Waals surface area contributed by atoms with Crippen molar-refractivity contribution in [1.29, 1.82) is 0 Å². The van der Waals surface area contributed by atoms with Crippen LogP contribution in [0.3, 0.4) is 0 Å². The zero-order valence-electron chi connectivity index (χ0n) is 15.7. The lowest BCUT2D eigenvalue weighted by atomic mass is 9.88. The molecule has 2 aliphatic carbocycles. The molecule has 2 aromatic carbocycles. The number of hydrogen-bond acceptors (Lipinski definition) is 3. The average molecular weight is 387 g/mol. The molecule has 1 amide bonds. The number of nitrogens with one attached hydrogen (secondary N) is 1. The summed E-state index contributed by atoms with van der Waals surface area (Å²) in [6.45, 7) is -2.92. The number of fused-ring (bicyclic) bond motifs is 2. The lowest BCUT2D eigenvalue weighted by molar-refractivity contribution is -0.121. The number of rotatable bonds is 6. The van der Waals surface area contributed by atoms with Crippen molar-refractivity contribution in [3.63, 3.8) is 0 Å². The van der Waals surface area contributed by atoms with E-state index in [0.717, 1.165) is 19.3 Å². The summed E-state index contributed by atoms with van der Waals surface area (Å²) in [7, 11) is 1.56. The maximum absolute atomic E-state index is 12.8. The number of halogens is 2. The van der Waals surface area contributed by atoms with Gasteiger partial charge in [0.15, 0.2) is 0 Å². The zero-order valence-corrected chi connectivity index (χ0v) is 15.7. The van der Waals surface area contributed by atoms with Gasteiger partial charge in [-0.25, -0.2) is 0 Å². The average Bonchev–Trinajstić information content (AvgIpc) is 3.32. The van der Waals surface area contributed by atoms with E-state index >= 15 is 0 Å². The first-order valence-corrected chi connectivity index (χ1v) is 9.57. The molecule has 2 aliphatic rings. The summed E-state index contributed by atoms with van der Waals surface area (Å²) < 4.78 is 35.5. The van der Waals surface area contributed by atoms with Gasteiger partial charge in [-0.3, -0.25) is 4.79 Å². The molecule has 0 radical (unpaired) electrons. The number of amides is 1. The number of ether oxygens (including phenoxy) is 2. The van der Waals surface area contributed by atoms with E-state index in [2.05, 4.69) is 10.1 Å². The predicted molar refractivity (Wildman–Crippen MR) is 103 cm³/mol. The Kier molecular flexibility index (Phi) is 5.20. The van der Waals surface area contributed by atoms with Crippen LogP contribution in [0.1, 0.15) is 25.7 Å². The topological polar surface area (TPSA) is 47.6 Å². The maximum Gasteiger partial charge on any atom is 0.387 e. The Labute approximate surface area is 162 Å². The smallest absolute Gasteiger partial charge is 0.387 e. The van der Waals surface area contributed by atoms with Crippen LogP contribution in [0.2, 0.25) is 0 Å². The van der Waals surface area contributed by atoms with Gasteiger partial charge >= 0.3 is 6.61 Å². The van der Waals surface area contributed by atoms with E-state index in [9.17, 15) is 13.6 Å². The molecule has 2 saturated carbocycles. The van der Waals surface area contributed by atoms with E-state index in [1.54, 1.807) is 43.5 Å². The van der Waals surface area contributed by atoms with Gasteiger partial charge in [0.25, 0.3) is 0 Å². The highest BCUT2D eigenvalue weighted by Crippen LogP contribution is 2.48. The highest BCUT2D eigenvalue weighted by Gasteiger charge is 2.43. The lowest BCUT2D eigenvalue weighted by Crippen LogP contribution is -2.27. The molecule has 0 aliphatic heterocycles. The van der Waals surface area contributed by atoms with Crippen molar-refractivity contribution in [1.82, 2.24) is 0 Å². The number of methoxy groups -OCH3 is 1. The first kappa shape index (κ1) is 18.7. The standard InChI is InChI=1S/C22H23F2NO3/c1-27-17-7-4-14(5-8-17)18-12-16(6-9-20(18)28-22(23)24)25-21(26)19-11-13-2-3-15(19)10-13/h4-9,12-13,15,19,22H,2-3,10-11H2,1H3,(H,25,26). The number of hydrogen-bond donors (Lipinski definition) is 1. The minimum absolute atomic E-state index is 0.0235. The highest BCUT2D eigenvalue weighted by molar-refractivity contribution is 5.94. The minimum Gasteiger partial charge on any atom is -0.497 e. The summed E-state index contributed by atoms with van der Waals surface area (Å²) in [5, 5.41) is 2.98. The number of benzene rings is 2. The SMILES string of the molecule is COc1ccc(-c2cc(NC(=O)C3CC4CCC3C4)ccc2OC(F)F)cc1.